The van der Waals surface area contributed by atoms with Crippen molar-refractivity contribution in [3.05, 3.63) is 65.5 Å². The first kappa shape index (κ1) is 22.5. The number of hydrogen-bond acceptors (Lipinski definition) is 6. The van der Waals surface area contributed by atoms with Crippen LogP contribution < -0.4 is 4.74 Å². The van der Waals surface area contributed by atoms with Crippen LogP contribution in [-0.4, -0.2) is 52.0 Å². The maximum atomic E-state index is 12.9. The molecule has 1 N–H and O–H groups in total. The molecule has 1 amide bonds. The van der Waals surface area contributed by atoms with Gasteiger partial charge in [-0.3, -0.25) is 14.6 Å². The number of carbonyl (C=O) groups is 2. The van der Waals surface area contributed by atoms with E-state index in [1.807, 2.05) is 27.7 Å². The number of Topliss-reactive ketones (excluding diaryl/α,β-unsaturated/α-hetero) is 1. The van der Waals surface area contributed by atoms with Gasteiger partial charge in [0.25, 0.3) is 11.7 Å². The monoisotopic (exact) mass is 424 g/mol. The predicted molar refractivity (Wildman–Crippen MR) is 117 cm³/mol. The minimum absolute atomic E-state index is 0.00306. The van der Waals surface area contributed by atoms with Crippen LogP contribution in [0.5, 0.6) is 5.75 Å². The summed E-state index contributed by atoms with van der Waals surface area (Å²) in [6, 6.07) is 11.3. The molecule has 1 saturated heterocycles. The van der Waals surface area contributed by atoms with Crippen molar-refractivity contribution >= 4 is 17.4 Å². The Balaban J connectivity index is 2.01. The number of benzene rings is 1. The third-order valence-electron chi connectivity index (χ3n) is 4.79. The molecule has 7 nitrogen and oxygen atoms in total. The summed E-state index contributed by atoms with van der Waals surface area (Å²) in [6.45, 7) is 8.13. The van der Waals surface area contributed by atoms with Crippen molar-refractivity contribution in [2.45, 2.75) is 45.9 Å². The van der Waals surface area contributed by atoms with Crippen molar-refractivity contribution in [3.8, 4) is 5.75 Å². The Morgan fingerprint density at radius 3 is 2.35 bits per heavy atom. The van der Waals surface area contributed by atoms with Crippen molar-refractivity contribution in [3.63, 3.8) is 0 Å². The molecule has 1 unspecified atom stereocenters. The van der Waals surface area contributed by atoms with E-state index in [4.69, 9.17) is 9.47 Å². The molecule has 7 heteroatoms. The van der Waals surface area contributed by atoms with Gasteiger partial charge in [-0.25, -0.2) is 0 Å². The number of aliphatic hydroxyl groups is 1. The molecular formula is C24H28N2O5. The molecule has 0 aliphatic carbocycles. The molecule has 31 heavy (non-hydrogen) atoms. The van der Waals surface area contributed by atoms with Gasteiger partial charge in [-0.15, -0.1) is 0 Å². The lowest BCUT2D eigenvalue weighted by Crippen LogP contribution is -2.33. The fourth-order valence-electron chi connectivity index (χ4n) is 3.46. The standard InChI is InChI=1S/C24H28N2O5/c1-15(2)30-14-13-26-21(19-7-5-6-12-25-19)20(23(28)24(26)29)22(27)17-8-10-18(11-9-17)31-16(3)4/h5-12,15-16,21,27H,13-14H2,1-4H3/b22-20-. The Labute approximate surface area is 182 Å². The first-order chi connectivity index (χ1) is 14.8. The number of hydrogen-bond donors (Lipinski definition) is 1. The van der Waals surface area contributed by atoms with Gasteiger partial charge in [-0.05, 0) is 64.1 Å². The molecular weight excluding hydrogens is 396 g/mol. The molecule has 0 radical (unpaired) electrons. The van der Waals surface area contributed by atoms with Crippen LogP contribution in [0, 0.1) is 0 Å². The Hall–Kier alpha value is -3.19. The number of likely N-dealkylation sites (tertiary alicyclic amines) is 1. The number of amides is 1. The molecule has 2 heterocycles. The summed E-state index contributed by atoms with van der Waals surface area (Å²) in [4.78, 5) is 31.5. The number of pyridine rings is 1. The summed E-state index contributed by atoms with van der Waals surface area (Å²) < 4.78 is 11.2. The average Bonchev–Trinajstić information content (AvgIpc) is 2.99. The van der Waals surface area contributed by atoms with Gasteiger partial charge in [-0.2, -0.15) is 0 Å². The van der Waals surface area contributed by atoms with Crippen LogP contribution in [0.1, 0.15) is 45.0 Å². The predicted octanol–water partition coefficient (Wildman–Crippen LogP) is 3.72. The zero-order valence-electron chi connectivity index (χ0n) is 18.2. The van der Waals surface area contributed by atoms with E-state index in [2.05, 4.69) is 4.98 Å². The summed E-state index contributed by atoms with van der Waals surface area (Å²) in [5.74, 6) is -0.999. The van der Waals surface area contributed by atoms with Gasteiger partial charge in [0, 0.05) is 18.3 Å². The minimum Gasteiger partial charge on any atom is -0.507 e. The SMILES string of the molecule is CC(C)OCCN1C(=O)C(=O)/C(=C(\O)c2ccc(OC(C)C)cc2)C1c1ccccn1. The molecule has 1 aromatic heterocycles. The second kappa shape index (κ2) is 9.75. The Kier molecular flexibility index (Phi) is 7.07. The summed E-state index contributed by atoms with van der Waals surface area (Å²) in [5.41, 5.74) is 0.951. The molecule has 0 spiro atoms. The van der Waals surface area contributed by atoms with Crippen LogP contribution in [0.4, 0.5) is 0 Å². The topological polar surface area (TPSA) is 89.0 Å². The van der Waals surface area contributed by atoms with Crippen LogP contribution in [-0.2, 0) is 14.3 Å². The van der Waals surface area contributed by atoms with E-state index < -0.39 is 17.7 Å². The molecule has 3 rings (SSSR count). The highest BCUT2D eigenvalue weighted by molar-refractivity contribution is 6.46. The number of nitrogens with zero attached hydrogens (tertiary/aromatic N) is 2. The van der Waals surface area contributed by atoms with Crippen LogP contribution in [0.2, 0.25) is 0 Å². The molecule has 1 aliphatic rings. The number of carbonyl (C=O) groups excluding carboxylic acids is 2. The zero-order valence-corrected chi connectivity index (χ0v) is 18.2. The normalized spacial score (nSPS) is 18.3. The molecule has 2 aromatic rings. The number of ketones is 1. The van der Waals surface area contributed by atoms with E-state index in [1.54, 1.807) is 48.7 Å². The van der Waals surface area contributed by atoms with Gasteiger partial charge in [0.15, 0.2) is 0 Å². The molecule has 0 saturated carbocycles. The van der Waals surface area contributed by atoms with E-state index in [0.29, 0.717) is 17.0 Å². The second-order valence-corrected chi connectivity index (χ2v) is 7.86. The van der Waals surface area contributed by atoms with E-state index in [-0.39, 0.29) is 36.7 Å². The molecule has 1 fully saturated rings. The largest absolute Gasteiger partial charge is 0.507 e. The number of ether oxygens (including phenoxy) is 2. The van der Waals surface area contributed by atoms with Crippen molar-refractivity contribution in [2.24, 2.45) is 0 Å². The smallest absolute Gasteiger partial charge is 0.295 e. The first-order valence-electron chi connectivity index (χ1n) is 10.4. The Morgan fingerprint density at radius 2 is 1.77 bits per heavy atom. The van der Waals surface area contributed by atoms with Gasteiger partial charge in [0.05, 0.1) is 30.1 Å². The molecule has 1 atom stereocenters. The molecule has 164 valence electrons. The van der Waals surface area contributed by atoms with Gasteiger partial charge in [0.1, 0.15) is 17.6 Å². The molecule has 1 aliphatic heterocycles. The minimum atomic E-state index is -0.788. The van der Waals surface area contributed by atoms with Crippen LogP contribution in [0.15, 0.2) is 54.2 Å². The van der Waals surface area contributed by atoms with Crippen LogP contribution >= 0.6 is 0 Å². The van der Waals surface area contributed by atoms with E-state index >= 15 is 0 Å². The Bertz CT molecular complexity index is 952. The second-order valence-electron chi connectivity index (χ2n) is 7.86. The lowest BCUT2D eigenvalue weighted by atomic mass is 9.98. The highest BCUT2D eigenvalue weighted by atomic mass is 16.5. The van der Waals surface area contributed by atoms with E-state index in [0.717, 1.165) is 0 Å². The van der Waals surface area contributed by atoms with Gasteiger partial charge in [-0.1, -0.05) is 6.07 Å². The number of aromatic nitrogens is 1. The van der Waals surface area contributed by atoms with Crippen LogP contribution in [0.25, 0.3) is 5.76 Å². The number of rotatable bonds is 8. The third kappa shape index (κ3) is 5.11. The summed E-state index contributed by atoms with van der Waals surface area (Å²) >= 11 is 0. The van der Waals surface area contributed by atoms with Crippen molar-refractivity contribution in [1.29, 1.82) is 0 Å². The molecule has 1 aromatic carbocycles. The Morgan fingerprint density at radius 1 is 1.06 bits per heavy atom. The maximum absolute atomic E-state index is 12.9. The lowest BCUT2D eigenvalue weighted by Gasteiger charge is -2.24. The van der Waals surface area contributed by atoms with Crippen molar-refractivity contribution < 1.29 is 24.2 Å². The van der Waals surface area contributed by atoms with Crippen molar-refractivity contribution in [2.75, 3.05) is 13.2 Å². The summed E-state index contributed by atoms with van der Waals surface area (Å²) in [7, 11) is 0. The highest BCUT2D eigenvalue weighted by Crippen LogP contribution is 2.38. The van der Waals surface area contributed by atoms with E-state index in [1.165, 1.54) is 4.90 Å². The quantitative estimate of drug-likeness (QED) is 0.395. The molecule has 0 bridgehead atoms. The fraction of sp³-hybridized carbons (Fsp3) is 0.375. The lowest BCUT2D eigenvalue weighted by molar-refractivity contribution is -0.140. The fourth-order valence-corrected chi connectivity index (χ4v) is 3.46. The van der Waals surface area contributed by atoms with Gasteiger partial charge in [0.2, 0.25) is 0 Å². The van der Waals surface area contributed by atoms with Crippen LogP contribution in [0.3, 0.4) is 0 Å². The van der Waals surface area contributed by atoms with Gasteiger partial charge < -0.3 is 19.5 Å². The third-order valence-corrected chi connectivity index (χ3v) is 4.79. The maximum Gasteiger partial charge on any atom is 0.295 e. The van der Waals surface area contributed by atoms with E-state index in [9.17, 15) is 14.7 Å². The summed E-state index contributed by atoms with van der Waals surface area (Å²) in [6.07, 6.45) is 1.61. The van der Waals surface area contributed by atoms with Crippen molar-refractivity contribution in [1.82, 2.24) is 9.88 Å². The zero-order chi connectivity index (χ0) is 22.5. The highest BCUT2D eigenvalue weighted by Gasteiger charge is 2.46. The number of aliphatic hydroxyl groups excluding tert-OH is 1. The average molecular weight is 424 g/mol. The first-order valence-corrected chi connectivity index (χ1v) is 10.4. The van der Waals surface area contributed by atoms with Gasteiger partial charge >= 0.3 is 0 Å². The summed E-state index contributed by atoms with van der Waals surface area (Å²) in [5, 5.41) is 11.0.